The molecule has 0 aliphatic rings. The van der Waals surface area contributed by atoms with Crippen LogP contribution < -0.4 is 5.73 Å². The Morgan fingerprint density at radius 1 is 1.55 bits per heavy atom. The second-order valence-electron chi connectivity index (χ2n) is 2.32. The number of nitrogens with two attached hydrogens (primary N) is 1. The quantitative estimate of drug-likeness (QED) is 0.819. The Morgan fingerprint density at radius 2 is 2.27 bits per heavy atom. The van der Waals surface area contributed by atoms with Gasteiger partial charge in [0, 0.05) is 0 Å². The largest absolute Gasteiger partial charge is 0.397 e. The molecule has 0 saturated heterocycles. The van der Waals surface area contributed by atoms with E-state index >= 15 is 0 Å². The summed E-state index contributed by atoms with van der Waals surface area (Å²) >= 11 is 3.19. The Hall–Kier alpha value is -0.640. The smallest absolute Gasteiger partial charge is 0.130 e. The number of aryl methyl sites for hydroxylation is 1. The van der Waals surface area contributed by atoms with Gasteiger partial charge in [0.2, 0.25) is 0 Å². The molecule has 0 aliphatic carbocycles. The van der Waals surface area contributed by atoms with Crippen molar-refractivity contribution >= 4 is 21.6 Å². The number of anilines is 1. The van der Waals surface area contributed by atoms with Gasteiger partial charge in [-0.2, -0.15) is 5.10 Å². The zero-order valence-electron chi connectivity index (χ0n) is 6.34. The van der Waals surface area contributed by atoms with Gasteiger partial charge in [0.1, 0.15) is 4.60 Å². The third-order valence-electron chi connectivity index (χ3n) is 1.36. The first-order valence-electron chi connectivity index (χ1n) is 3.51. The van der Waals surface area contributed by atoms with Crippen molar-refractivity contribution in [1.29, 1.82) is 0 Å². The van der Waals surface area contributed by atoms with Crippen LogP contribution in [0.3, 0.4) is 0 Å². The Kier molecular flexibility index (Phi) is 2.82. The molecular formula is C7H10BrN3. The molecule has 1 aromatic heterocycles. The van der Waals surface area contributed by atoms with Gasteiger partial charge in [0.15, 0.2) is 0 Å². The molecule has 0 atom stereocenters. The third kappa shape index (κ3) is 2.15. The number of nitrogen functional groups attached to an aromatic ring is 1. The average molecular weight is 216 g/mol. The standard InChI is InChI=1S/C7H10BrN3/c1-2-3-6-5(9)4-7(8)11-10-6/h4H,2-3H2,1H3,(H2,9,11). The van der Waals surface area contributed by atoms with Gasteiger partial charge in [0.25, 0.3) is 0 Å². The van der Waals surface area contributed by atoms with Crippen molar-refractivity contribution in [2.75, 3.05) is 5.73 Å². The Labute approximate surface area is 74.1 Å². The van der Waals surface area contributed by atoms with Crippen LogP contribution in [-0.4, -0.2) is 10.2 Å². The van der Waals surface area contributed by atoms with Gasteiger partial charge in [-0.15, -0.1) is 5.10 Å². The highest BCUT2D eigenvalue weighted by molar-refractivity contribution is 9.10. The van der Waals surface area contributed by atoms with E-state index in [0.29, 0.717) is 10.3 Å². The van der Waals surface area contributed by atoms with E-state index in [1.165, 1.54) is 0 Å². The van der Waals surface area contributed by atoms with Gasteiger partial charge in [0.05, 0.1) is 11.4 Å². The molecule has 1 heterocycles. The fourth-order valence-electron chi connectivity index (χ4n) is 0.837. The zero-order valence-corrected chi connectivity index (χ0v) is 7.93. The van der Waals surface area contributed by atoms with Crippen molar-refractivity contribution in [2.45, 2.75) is 19.8 Å². The van der Waals surface area contributed by atoms with E-state index in [0.717, 1.165) is 18.5 Å². The Balaban J connectivity index is 2.90. The first kappa shape index (κ1) is 8.46. The van der Waals surface area contributed by atoms with E-state index in [1.54, 1.807) is 6.07 Å². The van der Waals surface area contributed by atoms with Crippen LogP contribution in [0.4, 0.5) is 5.69 Å². The molecule has 0 radical (unpaired) electrons. The van der Waals surface area contributed by atoms with Crippen LogP contribution in [0, 0.1) is 0 Å². The fraction of sp³-hybridized carbons (Fsp3) is 0.429. The van der Waals surface area contributed by atoms with Crippen LogP contribution in [-0.2, 0) is 6.42 Å². The molecule has 0 unspecified atom stereocenters. The molecule has 60 valence electrons. The summed E-state index contributed by atoms with van der Waals surface area (Å²) in [6.07, 6.45) is 1.94. The molecule has 3 nitrogen and oxygen atoms in total. The van der Waals surface area contributed by atoms with Gasteiger partial charge in [-0.1, -0.05) is 13.3 Å². The first-order chi connectivity index (χ1) is 5.24. The molecule has 2 N–H and O–H groups in total. The SMILES string of the molecule is CCCc1nnc(Br)cc1N. The van der Waals surface area contributed by atoms with Crippen molar-refractivity contribution in [3.8, 4) is 0 Å². The molecule has 4 heteroatoms. The number of rotatable bonds is 2. The maximum atomic E-state index is 5.67. The van der Waals surface area contributed by atoms with Crippen LogP contribution in [0.2, 0.25) is 0 Å². The molecule has 0 saturated carbocycles. The molecular weight excluding hydrogens is 206 g/mol. The Morgan fingerprint density at radius 3 is 2.82 bits per heavy atom. The molecule has 1 rings (SSSR count). The van der Waals surface area contributed by atoms with Gasteiger partial charge in [-0.3, -0.25) is 0 Å². The van der Waals surface area contributed by atoms with E-state index in [4.69, 9.17) is 5.73 Å². The van der Waals surface area contributed by atoms with Crippen LogP contribution >= 0.6 is 15.9 Å². The number of hydrogen-bond acceptors (Lipinski definition) is 3. The van der Waals surface area contributed by atoms with E-state index < -0.39 is 0 Å². The van der Waals surface area contributed by atoms with E-state index in [9.17, 15) is 0 Å². The van der Waals surface area contributed by atoms with E-state index in [-0.39, 0.29) is 0 Å². The van der Waals surface area contributed by atoms with Crippen LogP contribution in [0.1, 0.15) is 19.0 Å². The van der Waals surface area contributed by atoms with Crippen LogP contribution in [0.15, 0.2) is 10.7 Å². The van der Waals surface area contributed by atoms with Gasteiger partial charge < -0.3 is 5.73 Å². The highest BCUT2D eigenvalue weighted by atomic mass is 79.9. The first-order valence-corrected chi connectivity index (χ1v) is 4.31. The van der Waals surface area contributed by atoms with Crippen molar-refractivity contribution in [3.63, 3.8) is 0 Å². The summed E-state index contributed by atoms with van der Waals surface area (Å²) in [6.45, 7) is 2.09. The predicted octanol–water partition coefficient (Wildman–Crippen LogP) is 1.77. The summed E-state index contributed by atoms with van der Waals surface area (Å²) < 4.78 is 0.690. The van der Waals surface area contributed by atoms with E-state index in [1.807, 2.05) is 0 Å². The lowest BCUT2D eigenvalue weighted by Gasteiger charge is -2.00. The topological polar surface area (TPSA) is 51.8 Å². The van der Waals surface area contributed by atoms with Crippen molar-refractivity contribution in [3.05, 3.63) is 16.4 Å². The van der Waals surface area contributed by atoms with E-state index in [2.05, 4.69) is 33.1 Å². The van der Waals surface area contributed by atoms with Crippen LogP contribution in [0.5, 0.6) is 0 Å². The third-order valence-corrected chi connectivity index (χ3v) is 1.75. The summed E-state index contributed by atoms with van der Waals surface area (Å²) in [4.78, 5) is 0. The minimum Gasteiger partial charge on any atom is -0.397 e. The molecule has 0 spiro atoms. The maximum Gasteiger partial charge on any atom is 0.130 e. The summed E-state index contributed by atoms with van der Waals surface area (Å²) in [5.41, 5.74) is 7.28. The number of halogens is 1. The van der Waals surface area contributed by atoms with Crippen molar-refractivity contribution in [1.82, 2.24) is 10.2 Å². The molecule has 0 aromatic carbocycles. The lowest BCUT2D eigenvalue weighted by molar-refractivity contribution is 0.836. The summed E-state index contributed by atoms with van der Waals surface area (Å²) in [5, 5.41) is 7.79. The van der Waals surface area contributed by atoms with Gasteiger partial charge in [-0.25, -0.2) is 0 Å². The van der Waals surface area contributed by atoms with Crippen LogP contribution in [0.25, 0.3) is 0 Å². The average Bonchev–Trinajstić information content (AvgIpc) is 1.95. The molecule has 1 aromatic rings. The second kappa shape index (κ2) is 3.67. The van der Waals surface area contributed by atoms with Gasteiger partial charge >= 0.3 is 0 Å². The van der Waals surface area contributed by atoms with Crippen molar-refractivity contribution < 1.29 is 0 Å². The highest BCUT2D eigenvalue weighted by Gasteiger charge is 2.00. The van der Waals surface area contributed by atoms with Crippen molar-refractivity contribution in [2.24, 2.45) is 0 Å². The minimum atomic E-state index is 0.690. The highest BCUT2D eigenvalue weighted by Crippen LogP contribution is 2.13. The lowest BCUT2D eigenvalue weighted by atomic mass is 10.2. The predicted molar refractivity (Wildman–Crippen MR) is 48.1 cm³/mol. The number of aromatic nitrogens is 2. The lowest BCUT2D eigenvalue weighted by Crippen LogP contribution is -1.99. The zero-order chi connectivity index (χ0) is 8.27. The summed E-state index contributed by atoms with van der Waals surface area (Å²) in [6, 6.07) is 1.78. The minimum absolute atomic E-state index is 0.690. The molecule has 0 aliphatic heterocycles. The summed E-state index contributed by atoms with van der Waals surface area (Å²) in [7, 11) is 0. The monoisotopic (exact) mass is 215 g/mol. The Bertz CT molecular complexity index is 249. The number of nitrogens with zero attached hydrogens (tertiary/aromatic N) is 2. The maximum absolute atomic E-state index is 5.67. The fourth-order valence-corrected chi connectivity index (χ4v) is 1.16. The second-order valence-corrected chi connectivity index (χ2v) is 3.13. The summed E-state index contributed by atoms with van der Waals surface area (Å²) in [5.74, 6) is 0. The number of hydrogen-bond donors (Lipinski definition) is 1. The molecule has 0 amide bonds. The molecule has 11 heavy (non-hydrogen) atoms. The van der Waals surface area contributed by atoms with Gasteiger partial charge in [-0.05, 0) is 28.4 Å². The molecule has 0 fully saturated rings. The normalized spacial score (nSPS) is 10.0. The molecule has 0 bridgehead atoms.